The summed E-state index contributed by atoms with van der Waals surface area (Å²) in [5.41, 5.74) is 1.05. The van der Waals surface area contributed by atoms with Gasteiger partial charge in [0, 0.05) is 5.75 Å². The molecular formula is C14H9Cl2N3OS3. The van der Waals surface area contributed by atoms with Gasteiger partial charge in [0.1, 0.15) is 0 Å². The molecule has 0 radical (unpaired) electrons. The van der Waals surface area contributed by atoms with Crippen LogP contribution in [0.2, 0.25) is 10.0 Å². The van der Waals surface area contributed by atoms with Gasteiger partial charge >= 0.3 is 0 Å². The second-order valence-electron chi connectivity index (χ2n) is 4.34. The largest absolute Gasteiger partial charge is 0.296 e. The molecule has 0 spiro atoms. The van der Waals surface area contributed by atoms with Crippen LogP contribution in [0.25, 0.3) is 0 Å². The molecule has 0 saturated heterocycles. The lowest BCUT2D eigenvalue weighted by molar-refractivity contribution is 0.103. The number of thiophene rings is 1. The van der Waals surface area contributed by atoms with Crippen molar-refractivity contribution in [3.63, 3.8) is 0 Å². The maximum atomic E-state index is 11.9. The summed E-state index contributed by atoms with van der Waals surface area (Å²) < 4.78 is 0.776. The molecule has 3 rings (SSSR count). The van der Waals surface area contributed by atoms with Gasteiger partial charge in [0.25, 0.3) is 5.91 Å². The Labute approximate surface area is 154 Å². The Bertz CT molecular complexity index is 821. The normalized spacial score (nSPS) is 10.7. The smallest absolute Gasteiger partial charge is 0.267 e. The molecule has 0 bridgehead atoms. The molecular weight excluding hydrogens is 393 g/mol. The van der Waals surface area contributed by atoms with E-state index in [-0.39, 0.29) is 5.91 Å². The lowest BCUT2D eigenvalue weighted by Crippen LogP contribution is -2.09. The summed E-state index contributed by atoms with van der Waals surface area (Å²) in [4.78, 5) is 12.6. The average molecular weight is 402 g/mol. The van der Waals surface area contributed by atoms with Crippen LogP contribution in [0.15, 0.2) is 40.1 Å². The molecule has 3 aromatic rings. The van der Waals surface area contributed by atoms with Gasteiger partial charge in [-0.1, -0.05) is 58.4 Å². The Morgan fingerprint density at radius 1 is 1.22 bits per heavy atom. The number of hydrogen-bond acceptors (Lipinski definition) is 6. The number of aromatic nitrogens is 2. The van der Waals surface area contributed by atoms with E-state index in [4.69, 9.17) is 23.2 Å². The monoisotopic (exact) mass is 401 g/mol. The number of halogens is 2. The van der Waals surface area contributed by atoms with E-state index in [0.717, 1.165) is 9.90 Å². The van der Waals surface area contributed by atoms with E-state index in [9.17, 15) is 4.79 Å². The molecule has 0 unspecified atom stereocenters. The van der Waals surface area contributed by atoms with Gasteiger partial charge in [-0.2, -0.15) is 0 Å². The van der Waals surface area contributed by atoms with Crippen molar-refractivity contribution >= 4 is 68.7 Å². The first kappa shape index (κ1) is 16.7. The van der Waals surface area contributed by atoms with Gasteiger partial charge in [-0.25, -0.2) is 0 Å². The molecule has 9 heteroatoms. The third-order valence-electron chi connectivity index (χ3n) is 2.72. The number of nitrogens with one attached hydrogen (secondary N) is 1. The summed E-state index contributed by atoms with van der Waals surface area (Å²) in [6, 6.07) is 9.12. The number of amides is 1. The van der Waals surface area contributed by atoms with E-state index in [1.807, 2.05) is 23.6 Å². The van der Waals surface area contributed by atoms with Gasteiger partial charge < -0.3 is 0 Å². The lowest BCUT2D eigenvalue weighted by Gasteiger charge is -2.01. The number of carbonyl (C=O) groups excluding carboxylic acids is 1. The molecule has 1 aromatic carbocycles. The minimum atomic E-state index is -0.169. The van der Waals surface area contributed by atoms with Gasteiger partial charge in [-0.05, 0) is 29.1 Å². The van der Waals surface area contributed by atoms with Crippen LogP contribution in [0, 0.1) is 0 Å². The van der Waals surface area contributed by atoms with Crippen molar-refractivity contribution in [3.05, 3.63) is 56.2 Å². The van der Waals surface area contributed by atoms with Gasteiger partial charge in [0.2, 0.25) is 5.13 Å². The summed E-state index contributed by atoms with van der Waals surface area (Å²) >= 11 is 16.1. The highest BCUT2D eigenvalue weighted by Crippen LogP contribution is 2.30. The first-order chi connectivity index (χ1) is 11.1. The van der Waals surface area contributed by atoms with Gasteiger partial charge in [0.05, 0.1) is 14.9 Å². The molecule has 2 aromatic heterocycles. The molecule has 1 N–H and O–H groups in total. The van der Waals surface area contributed by atoms with Crippen LogP contribution in [0.4, 0.5) is 5.13 Å². The van der Waals surface area contributed by atoms with Crippen molar-refractivity contribution in [3.8, 4) is 0 Å². The molecule has 0 fully saturated rings. The van der Waals surface area contributed by atoms with Crippen molar-refractivity contribution in [1.29, 1.82) is 0 Å². The molecule has 0 saturated carbocycles. The Kier molecular flexibility index (Phi) is 5.55. The number of nitrogens with zero attached hydrogens (tertiary/aromatic N) is 2. The minimum Gasteiger partial charge on any atom is -0.296 e. The predicted molar refractivity (Wildman–Crippen MR) is 98.2 cm³/mol. The average Bonchev–Trinajstić information content (AvgIpc) is 3.20. The molecule has 0 atom stereocenters. The number of hydrogen-bond donors (Lipinski definition) is 1. The van der Waals surface area contributed by atoms with Crippen molar-refractivity contribution in [1.82, 2.24) is 10.2 Å². The van der Waals surface area contributed by atoms with Crippen LogP contribution in [0.3, 0.4) is 0 Å². The van der Waals surface area contributed by atoms with Crippen molar-refractivity contribution in [2.45, 2.75) is 10.1 Å². The Balaban J connectivity index is 1.59. The second-order valence-corrected chi connectivity index (χ2v) is 8.30. The quantitative estimate of drug-likeness (QED) is 0.455. The Morgan fingerprint density at radius 2 is 2.09 bits per heavy atom. The fourth-order valence-electron chi connectivity index (χ4n) is 1.66. The second kappa shape index (κ2) is 7.63. The SMILES string of the molecule is O=C(Nc1nnc(SCc2ccc(Cl)c(Cl)c2)s1)c1cccs1. The summed E-state index contributed by atoms with van der Waals surface area (Å²) in [5, 5.41) is 14.2. The number of anilines is 1. The standard InChI is InChI=1S/C14H9Cl2N3OS3/c15-9-4-3-8(6-10(9)16)7-22-14-19-18-13(23-14)17-12(20)11-2-1-5-21-11/h1-6H,7H2,(H,17,18,20). The zero-order valence-corrected chi connectivity index (χ0v) is 15.4. The number of rotatable bonds is 5. The molecule has 0 aliphatic rings. The van der Waals surface area contributed by atoms with E-state index >= 15 is 0 Å². The van der Waals surface area contributed by atoms with Crippen molar-refractivity contribution < 1.29 is 4.79 Å². The topological polar surface area (TPSA) is 54.9 Å². The highest BCUT2D eigenvalue weighted by Gasteiger charge is 2.11. The molecule has 0 aliphatic carbocycles. The van der Waals surface area contributed by atoms with Crippen molar-refractivity contribution in [2.75, 3.05) is 5.32 Å². The number of carbonyl (C=O) groups is 1. The van der Waals surface area contributed by atoms with E-state index in [0.29, 0.717) is 25.8 Å². The van der Waals surface area contributed by atoms with E-state index < -0.39 is 0 Å². The molecule has 23 heavy (non-hydrogen) atoms. The van der Waals surface area contributed by atoms with E-state index in [2.05, 4.69) is 15.5 Å². The van der Waals surface area contributed by atoms with Gasteiger partial charge in [-0.3, -0.25) is 10.1 Å². The van der Waals surface area contributed by atoms with Gasteiger partial charge in [0.15, 0.2) is 4.34 Å². The third kappa shape index (κ3) is 4.45. The maximum absolute atomic E-state index is 11.9. The lowest BCUT2D eigenvalue weighted by atomic mass is 10.2. The Morgan fingerprint density at radius 3 is 2.83 bits per heavy atom. The molecule has 118 valence electrons. The summed E-state index contributed by atoms with van der Waals surface area (Å²) in [6.07, 6.45) is 0. The van der Waals surface area contributed by atoms with E-state index in [1.165, 1.54) is 34.4 Å². The van der Waals surface area contributed by atoms with Crippen LogP contribution in [-0.2, 0) is 5.75 Å². The summed E-state index contributed by atoms with van der Waals surface area (Å²) in [7, 11) is 0. The first-order valence-corrected chi connectivity index (χ1v) is 9.80. The third-order valence-corrected chi connectivity index (χ3v) is 6.37. The fourth-order valence-corrected chi connectivity index (χ4v) is 4.29. The number of thioether (sulfide) groups is 1. The Hall–Kier alpha value is -1.12. The molecule has 0 aliphatic heterocycles. The first-order valence-electron chi connectivity index (χ1n) is 6.37. The van der Waals surface area contributed by atoms with Gasteiger partial charge in [-0.15, -0.1) is 21.5 Å². The fraction of sp³-hybridized carbons (Fsp3) is 0.0714. The molecule has 4 nitrogen and oxygen atoms in total. The van der Waals surface area contributed by atoms with Crippen LogP contribution in [0.1, 0.15) is 15.2 Å². The van der Waals surface area contributed by atoms with Crippen molar-refractivity contribution in [2.24, 2.45) is 0 Å². The summed E-state index contributed by atoms with van der Waals surface area (Å²) in [6.45, 7) is 0. The minimum absolute atomic E-state index is 0.169. The zero-order valence-electron chi connectivity index (χ0n) is 11.5. The van der Waals surface area contributed by atoms with Crippen LogP contribution < -0.4 is 5.32 Å². The highest BCUT2D eigenvalue weighted by atomic mass is 35.5. The zero-order chi connectivity index (χ0) is 16.2. The van der Waals surface area contributed by atoms with Crippen LogP contribution >= 0.6 is 57.6 Å². The van der Waals surface area contributed by atoms with Crippen LogP contribution in [0.5, 0.6) is 0 Å². The number of benzene rings is 1. The maximum Gasteiger partial charge on any atom is 0.267 e. The summed E-state index contributed by atoms with van der Waals surface area (Å²) in [5.74, 6) is 0.530. The predicted octanol–water partition coefficient (Wildman–Crippen LogP) is 5.45. The van der Waals surface area contributed by atoms with Crippen LogP contribution in [-0.4, -0.2) is 16.1 Å². The molecule has 2 heterocycles. The van der Waals surface area contributed by atoms with E-state index in [1.54, 1.807) is 12.1 Å². The molecule has 1 amide bonds. The highest BCUT2D eigenvalue weighted by molar-refractivity contribution is 8.00.